The number of phenols is 1. The molecule has 0 heterocycles. The summed E-state index contributed by atoms with van der Waals surface area (Å²) in [5.74, 6) is -2.03. The highest BCUT2D eigenvalue weighted by Gasteiger charge is 2.19. The minimum atomic E-state index is -1.20. The maximum absolute atomic E-state index is 12.3. The maximum atomic E-state index is 12.3. The number of halogens is 1. The number of hydrogen-bond donors (Lipinski definition) is 2. The normalized spacial score (nSPS) is 10.2. The van der Waals surface area contributed by atoms with E-state index in [1.54, 1.807) is 6.07 Å². The number of carbonyl (C=O) groups excluding carboxylic acids is 1. The molecule has 0 aliphatic heterocycles. The van der Waals surface area contributed by atoms with Crippen LogP contribution in [0.1, 0.15) is 26.3 Å². The van der Waals surface area contributed by atoms with Crippen molar-refractivity contribution < 1.29 is 19.8 Å². The number of aromatic carboxylic acids is 1. The molecule has 0 fully saturated rings. The fraction of sp³-hybridized carbons (Fsp3) is 0. The van der Waals surface area contributed by atoms with Crippen molar-refractivity contribution in [2.24, 2.45) is 0 Å². The Morgan fingerprint density at radius 1 is 0.947 bits per heavy atom. The molecule has 19 heavy (non-hydrogen) atoms. The average Bonchev–Trinajstić information content (AvgIpc) is 2.40. The van der Waals surface area contributed by atoms with E-state index in [0.29, 0.717) is 0 Å². The summed E-state index contributed by atoms with van der Waals surface area (Å²) in [6.45, 7) is 0. The van der Waals surface area contributed by atoms with Crippen molar-refractivity contribution in [3.8, 4) is 5.75 Å². The summed E-state index contributed by atoms with van der Waals surface area (Å²) >= 11 is 5.77. The first-order valence-corrected chi connectivity index (χ1v) is 5.74. The molecule has 2 rings (SSSR count). The Labute approximate surface area is 113 Å². The molecule has 0 saturated carbocycles. The van der Waals surface area contributed by atoms with E-state index in [2.05, 4.69) is 0 Å². The summed E-state index contributed by atoms with van der Waals surface area (Å²) in [6, 6.07) is 9.84. The van der Waals surface area contributed by atoms with Gasteiger partial charge in [-0.15, -0.1) is 0 Å². The minimum absolute atomic E-state index is 0.00701. The second-order valence-electron chi connectivity index (χ2n) is 3.84. The third-order valence-corrected chi connectivity index (χ3v) is 2.84. The molecule has 0 bridgehead atoms. The zero-order valence-corrected chi connectivity index (χ0v) is 10.4. The number of aromatic hydroxyl groups is 1. The Hall–Kier alpha value is -2.33. The number of rotatable bonds is 3. The fourth-order valence-corrected chi connectivity index (χ4v) is 1.87. The van der Waals surface area contributed by atoms with Gasteiger partial charge in [0.05, 0.1) is 11.1 Å². The highest BCUT2D eigenvalue weighted by atomic mass is 35.5. The van der Waals surface area contributed by atoms with E-state index in [0.717, 1.165) is 0 Å². The van der Waals surface area contributed by atoms with E-state index < -0.39 is 11.8 Å². The summed E-state index contributed by atoms with van der Waals surface area (Å²) in [4.78, 5) is 23.3. The van der Waals surface area contributed by atoms with Gasteiger partial charge in [-0.3, -0.25) is 4.79 Å². The lowest BCUT2D eigenvalue weighted by Gasteiger charge is -2.07. The zero-order valence-electron chi connectivity index (χ0n) is 9.63. The fourth-order valence-electron chi connectivity index (χ4n) is 1.70. The molecule has 0 aromatic heterocycles. The van der Waals surface area contributed by atoms with Gasteiger partial charge in [0, 0.05) is 10.6 Å². The number of carbonyl (C=O) groups is 2. The number of ketones is 1. The van der Waals surface area contributed by atoms with Crippen LogP contribution in [0.5, 0.6) is 5.75 Å². The number of phenolic OH excluding ortho intramolecular Hbond substituents is 1. The second-order valence-corrected chi connectivity index (χ2v) is 4.28. The molecule has 0 aliphatic rings. The molecule has 2 aromatic carbocycles. The molecular weight excluding hydrogens is 268 g/mol. The van der Waals surface area contributed by atoms with Crippen LogP contribution in [0.15, 0.2) is 42.5 Å². The van der Waals surface area contributed by atoms with Crippen molar-refractivity contribution in [3.63, 3.8) is 0 Å². The third kappa shape index (κ3) is 2.58. The highest BCUT2D eigenvalue weighted by Crippen LogP contribution is 2.25. The van der Waals surface area contributed by atoms with Gasteiger partial charge in [-0.25, -0.2) is 4.79 Å². The van der Waals surface area contributed by atoms with Gasteiger partial charge >= 0.3 is 5.97 Å². The minimum Gasteiger partial charge on any atom is -0.507 e. The second kappa shape index (κ2) is 5.12. The van der Waals surface area contributed by atoms with Crippen LogP contribution >= 0.6 is 11.6 Å². The molecule has 96 valence electrons. The van der Waals surface area contributed by atoms with Gasteiger partial charge in [0.1, 0.15) is 5.75 Å². The van der Waals surface area contributed by atoms with Crippen molar-refractivity contribution in [3.05, 3.63) is 64.2 Å². The van der Waals surface area contributed by atoms with Crippen molar-refractivity contribution in [2.75, 3.05) is 0 Å². The Kier molecular flexibility index (Phi) is 3.53. The van der Waals surface area contributed by atoms with E-state index >= 15 is 0 Å². The van der Waals surface area contributed by atoms with Gasteiger partial charge in [-0.1, -0.05) is 29.8 Å². The molecule has 0 saturated heterocycles. The van der Waals surface area contributed by atoms with Crippen molar-refractivity contribution >= 4 is 23.4 Å². The van der Waals surface area contributed by atoms with Gasteiger partial charge in [0.15, 0.2) is 5.78 Å². The average molecular weight is 277 g/mol. The summed E-state index contributed by atoms with van der Waals surface area (Å²) in [5, 5.41) is 19.0. The zero-order chi connectivity index (χ0) is 14.0. The molecule has 2 N–H and O–H groups in total. The number of carboxylic acid groups (broad SMARTS) is 1. The van der Waals surface area contributed by atoms with Crippen LogP contribution in [0, 0.1) is 0 Å². The van der Waals surface area contributed by atoms with E-state index in [1.807, 2.05) is 0 Å². The quantitative estimate of drug-likeness (QED) is 0.845. The van der Waals surface area contributed by atoms with Gasteiger partial charge < -0.3 is 10.2 Å². The van der Waals surface area contributed by atoms with Crippen molar-refractivity contribution in [1.29, 1.82) is 0 Å². The van der Waals surface area contributed by atoms with E-state index in [-0.39, 0.29) is 27.5 Å². The standard InChI is InChI=1S/C14H9ClO4/c15-8-5-6-12(16)11(7-8)13(17)9-3-1-2-4-10(9)14(18)19/h1-7,16H,(H,18,19). The molecule has 0 spiro atoms. The molecule has 0 radical (unpaired) electrons. The Morgan fingerprint density at radius 3 is 2.21 bits per heavy atom. The molecule has 0 atom stereocenters. The molecule has 5 heteroatoms. The van der Waals surface area contributed by atoms with Crippen LogP contribution in [0.2, 0.25) is 5.02 Å². The van der Waals surface area contributed by atoms with Crippen LogP contribution < -0.4 is 0 Å². The number of benzene rings is 2. The van der Waals surface area contributed by atoms with Gasteiger partial charge in [0.25, 0.3) is 0 Å². The van der Waals surface area contributed by atoms with E-state index in [9.17, 15) is 14.7 Å². The Balaban J connectivity index is 2.56. The van der Waals surface area contributed by atoms with Crippen LogP contribution in [-0.4, -0.2) is 22.0 Å². The third-order valence-electron chi connectivity index (χ3n) is 2.61. The first-order chi connectivity index (χ1) is 9.00. The first kappa shape index (κ1) is 13.1. The van der Waals surface area contributed by atoms with Crippen LogP contribution in [-0.2, 0) is 0 Å². The van der Waals surface area contributed by atoms with Gasteiger partial charge in [-0.05, 0) is 24.3 Å². The summed E-state index contributed by atoms with van der Waals surface area (Å²) in [5.41, 5.74) is -0.138. The van der Waals surface area contributed by atoms with Crippen molar-refractivity contribution in [1.82, 2.24) is 0 Å². The SMILES string of the molecule is O=C(O)c1ccccc1C(=O)c1cc(Cl)ccc1O. The van der Waals surface area contributed by atoms with E-state index in [4.69, 9.17) is 16.7 Å². The number of carboxylic acids is 1. The highest BCUT2D eigenvalue weighted by molar-refractivity contribution is 6.31. The molecular formula is C14H9ClO4. The molecule has 2 aromatic rings. The van der Waals surface area contributed by atoms with Crippen molar-refractivity contribution in [2.45, 2.75) is 0 Å². The lowest BCUT2D eigenvalue weighted by Crippen LogP contribution is -2.09. The molecule has 4 nitrogen and oxygen atoms in total. The van der Waals surface area contributed by atoms with Crippen LogP contribution in [0.3, 0.4) is 0 Å². The smallest absolute Gasteiger partial charge is 0.336 e. The Morgan fingerprint density at radius 2 is 1.58 bits per heavy atom. The molecule has 0 aliphatic carbocycles. The molecule has 0 unspecified atom stereocenters. The summed E-state index contributed by atoms with van der Waals surface area (Å²) in [7, 11) is 0. The first-order valence-electron chi connectivity index (χ1n) is 5.36. The predicted octanol–water partition coefficient (Wildman–Crippen LogP) is 2.97. The monoisotopic (exact) mass is 276 g/mol. The summed E-state index contributed by atoms with van der Waals surface area (Å²) < 4.78 is 0. The Bertz CT molecular complexity index is 664. The number of hydrogen-bond acceptors (Lipinski definition) is 3. The topological polar surface area (TPSA) is 74.6 Å². The largest absolute Gasteiger partial charge is 0.507 e. The molecule has 0 amide bonds. The van der Waals surface area contributed by atoms with Gasteiger partial charge in [0.2, 0.25) is 0 Å². The lowest BCUT2D eigenvalue weighted by atomic mass is 9.98. The predicted molar refractivity (Wildman–Crippen MR) is 70.0 cm³/mol. The maximum Gasteiger partial charge on any atom is 0.336 e. The van der Waals surface area contributed by atoms with Gasteiger partial charge in [-0.2, -0.15) is 0 Å². The lowest BCUT2D eigenvalue weighted by molar-refractivity contribution is 0.0692. The van der Waals surface area contributed by atoms with E-state index in [1.165, 1.54) is 36.4 Å². The van der Waals surface area contributed by atoms with Crippen LogP contribution in [0.25, 0.3) is 0 Å². The van der Waals surface area contributed by atoms with Crippen LogP contribution in [0.4, 0.5) is 0 Å². The summed E-state index contributed by atoms with van der Waals surface area (Å²) in [6.07, 6.45) is 0.